The molecule has 4 fully saturated rings. The van der Waals surface area contributed by atoms with Gasteiger partial charge in [-0.25, -0.2) is 4.39 Å². The lowest BCUT2D eigenvalue weighted by Crippen LogP contribution is -2.57. The topological polar surface area (TPSA) is 49.4 Å². The van der Waals surface area contributed by atoms with Gasteiger partial charge < -0.3 is 5.32 Å². The van der Waals surface area contributed by atoms with Gasteiger partial charge in [-0.3, -0.25) is 14.5 Å². The summed E-state index contributed by atoms with van der Waals surface area (Å²) in [5.41, 5.74) is 1.30. The molecule has 1 aliphatic heterocycles. The molecule has 6 heteroatoms. The molecule has 0 unspecified atom stereocenters. The summed E-state index contributed by atoms with van der Waals surface area (Å²) in [5.74, 6) is 1.68. The van der Waals surface area contributed by atoms with E-state index in [0.29, 0.717) is 10.5 Å². The molecule has 0 radical (unpaired) electrons. The van der Waals surface area contributed by atoms with E-state index in [1.807, 2.05) is 24.3 Å². The van der Waals surface area contributed by atoms with E-state index in [0.717, 1.165) is 28.3 Å². The van der Waals surface area contributed by atoms with E-state index in [1.54, 1.807) is 29.2 Å². The van der Waals surface area contributed by atoms with E-state index in [4.69, 9.17) is 0 Å². The number of thioether (sulfide) groups is 1. The maximum Gasteiger partial charge on any atom is 0.265 e. The van der Waals surface area contributed by atoms with E-state index < -0.39 is 0 Å². The largest absolute Gasteiger partial charge is 0.352 e. The first-order valence-corrected chi connectivity index (χ1v) is 13.6. The smallest absolute Gasteiger partial charge is 0.265 e. The Bertz CT molecular complexity index is 1170. The lowest BCUT2D eigenvalue weighted by Gasteiger charge is -2.59. The third kappa shape index (κ3) is 4.20. The highest BCUT2D eigenvalue weighted by molar-refractivity contribution is 8.04. The number of benzene rings is 2. The summed E-state index contributed by atoms with van der Waals surface area (Å²) in [5, 5.41) is 3.29. The Balaban J connectivity index is 1.22. The summed E-state index contributed by atoms with van der Waals surface area (Å²) in [6.07, 6.45) is 9.35. The second-order valence-electron chi connectivity index (χ2n) is 11.1. The van der Waals surface area contributed by atoms with Crippen molar-refractivity contribution in [3.05, 3.63) is 64.8 Å². The summed E-state index contributed by atoms with van der Waals surface area (Å²) in [6.45, 7) is 2.12. The van der Waals surface area contributed by atoms with Crippen molar-refractivity contribution in [3.63, 3.8) is 0 Å². The Morgan fingerprint density at radius 1 is 1.09 bits per heavy atom. The van der Waals surface area contributed by atoms with Crippen LogP contribution in [-0.2, 0) is 9.59 Å². The van der Waals surface area contributed by atoms with Crippen molar-refractivity contribution in [2.24, 2.45) is 23.2 Å². The van der Waals surface area contributed by atoms with Gasteiger partial charge in [0.25, 0.3) is 5.91 Å². The van der Waals surface area contributed by atoms with Crippen LogP contribution in [-0.4, -0.2) is 24.4 Å². The van der Waals surface area contributed by atoms with Gasteiger partial charge in [0.05, 0.1) is 10.6 Å². The monoisotopic (exact) mass is 490 g/mol. The van der Waals surface area contributed by atoms with E-state index in [1.165, 1.54) is 56.4 Å². The molecule has 4 nitrogen and oxygen atoms in total. The Morgan fingerprint density at radius 2 is 1.71 bits per heavy atom. The highest BCUT2D eigenvalue weighted by atomic mass is 32.2. The van der Waals surface area contributed by atoms with Crippen LogP contribution in [0.4, 0.5) is 10.1 Å². The van der Waals surface area contributed by atoms with Crippen LogP contribution in [0.5, 0.6) is 0 Å². The van der Waals surface area contributed by atoms with E-state index >= 15 is 0 Å². The molecule has 7 rings (SSSR count). The fourth-order valence-corrected chi connectivity index (χ4v) is 8.49. The summed E-state index contributed by atoms with van der Waals surface area (Å²) < 4.78 is 14.3. The predicted octanol–water partition coefficient (Wildman–Crippen LogP) is 6.03. The van der Waals surface area contributed by atoms with E-state index in [2.05, 4.69) is 12.2 Å². The van der Waals surface area contributed by atoms with Gasteiger partial charge in [0.15, 0.2) is 0 Å². The maximum atomic E-state index is 14.3. The number of carbonyl (C=O) groups excluding carboxylic acids is 2. The lowest BCUT2D eigenvalue weighted by atomic mass is 9.48. The first-order valence-electron chi connectivity index (χ1n) is 12.7. The molecule has 0 aromatic heterocycles. The molecule has 4 bridgehead atoms. The zero-order chi connectivity index (χ0) is 24.2. The molecule has 2 amide bonds. The maximum absolute atomic E-state index is 14.3. The number of hydrogen-bond donors (Lipinski definition) is 1. The van der Waals surface area contributed by atoms with Crippen LogP contribution in [0.1, 0.15) is 51.0 Å². The number of nitrogens with one attached hydrogen (secondary N) is 1. The fraction of sp³-hybridized carbons (Fsp3) is 0.448. The zero-order valence-electron chi connectivity index (χ0n) is 20.0. The minimum atomic E-state index is -0.374. The summed E-state index contributed by atoms with van der Waals surface area (Å²) in [7, 11) is 0. The average Bonchev–Trinajstić information content (AvgIpc) is 2.82. The Kier molecular flexibility index (Phi) is 5.75. The number of para-hydroxylation sites is 1. The SMILES string of the molecule is C[C@H](NC(=O)CN1C(=O)/C(=C/c2ccccc2F)Sc2ccccc21)C12CC3CC(CC(C3)C1)C2. The molecular weight excluding hydrogens is 459 g/mol. The van der Waals surface area contributed by atoms with Gasteiger partial charge in [-0.15, -0.1) is 0 Å². The number of halogens is 1. The van der Waals surface area contributed by atoms with E-state index in [-0.39, 0.29) is 35.6 Å². The molecule has 4 saturated carbocycles. The molecule has 1 atom stereocenters. The number of anilines is 1. The van der Waals surface area contributed by atoms with Crippen LogP contribution in [0.2, 0.25) is 0 Å². The Morgan fingerprint density at radius 3 is 2.40 bits per heavy atom. The van der Waals surface area contributed by atoms with Crippen molar-refractivity contribution in [3.8, 4) is 0 Å². The normalized spacial score (nSPS) is 30.9. The van der Waals surface area contributed by atoms with Crippen LogP contribution in [0, 0.1) is 29.0 Å². The Hall–Kier alpha value is -2.60. The lowest BCUT2D eigenvalue weighted by molar-refractivity contribution is -0.126. The van der Waals surface area contributed by atoms with Crippen molar-refractivity contribution in [2.45, 2.75) is 56.4 Å². The van der Waals surface area contributed by atoms with Crippen LogP contribution in [0.3, 0.4) is 0 Å². The predicted molar refractivity (Wildman–Crippen MR) is 137 cm³/mol. The highest BCUT2D eigenvalue weighted by Gasteiger charge is 2.53. The van der Waals surface area contributed by atoms with Gasteiger partial charge in [0.2, 0.25) is 5.91 Å². The molecule has 2 aromatic carbocycles. The van der Waals surface area contributed by atoms with Gasteiger partial charge in [-0.2, -0.15) is 0 Å². The van der Waals surface area contributed by atoms with Crippen molar-refractivity contribution in [1.82, 2.24) is 5.32 Å². The average molecular weight is 491 g/mol. The van der Waals surface area contributed by atoms with Crippen LogP contribution in [0.15, 0.2) is 58.3 Å². The second-order valence-corrected chi connectivity index (χ2v) is 12.1. The second kappa shape index (κ2) is 8.81. The number of amides is 2. The fourth-order valence-electron chi connectivity index (χ4n) is 7.44. The molecule has 1 heterocycles. The molecule has 182 valence electrons. The first kappa shape index (κ1) is 22.8. The molecule has 0 spiro atoms. The van der Waals surface area contributed by atoms with Crippen molar-refractivity contribution in [2.75, 3.05) is 11.4 Å². The number of hydrogen-bond acceptors (Lipinski definition) is 3. The number of carbonyl (C=O) groups is 2. The highest BCUT2D eigenvalue weighted by Crippen LogP contribution is 2.61. The van der Waals surface area contributed by atoms with Gasteiger partial charge in [0, 0.05) is 16.5 Å². The van der Waals surface area contributed by atoms with Crippen LogP contribution < -0.4 is 10.2 Å². The molecule has 4 aliphatic carbocycles. The number of rotatable bonds is 5. The van der Waals surface area contributed by atoms with Crippen LogP contribution >= 0.6 is 11.8 Å². The number of fused-ring (bicyclic) bond motifs is 1. The molecular formula is C29H31FN2O2S. The third-order valence-electron chi connectivity index (χ3n) is 8.71. The molecule has 35 heavy (non-hydrogen) atoms. The van der Waals surface area contributed by atoms with Crippen molar-refractivity contribution in [1.29, 1.82) is 0 Å². The minimum Gasteiger partial charge on any atom is -0.352 e. The van der Waals surface area contributed by atoms with Crippen LogP contribution in [0.25, 0.3) is 6.08 Å². The number of nitrogens with zero attached hydrogens (tertiary/aromatic N) is 1. The molecule has 2 aromatic rings. The molecule has 5 aliphatic rings. The van der Waals surface area contributed by atoms with E-state index in [9.17, 15) is 14.0 Å². The van der Waals surface area contributed by atoms with Gasteiger partial charge in [-0.1, -0.05) is 42.1 Å². The Labute approximate surface area is 210 Å². The van der Waals surface area contributed by atoms with Crippen molar-refractivity contribution >= 4 is 35.3 Å². The quantitative estimate of drug-likeness (QED) is 0.521. The van der Waals surface area contributed by atoms with Crippen molar-refractivity contribution < 1.29 is 14.0 Å². The summed E-state index contributed by atoms with van der Waals surface area (Å²) in [4.78, 5) is 29.6. The summed E-state index contributed by atoms with van der Waals surface area (Å²) >= 11 is 1.32. The summed E-state index contributed by atoms with van der Waals surface area (Å²) in [6, 6.07) is 14.1. The molecule has 1 N–H and O–H groups in total. The third-order valence-corrected chi connectivity index (χ3v) is 9.78. The van der Waals surface area contributed by atoms with Gasteiger partial charge in [-0.05, 0) is 92.9 Å². The van der Waals surface area contributed by atoms with Gasteiger partial charge >= 0.3 is 0 Å². The zero-order valence-corrected chi connectivity index (χ0v) is 20.8. The standard InChI is InChI=1S/C29H31FN2O2S/c1-18(29-14-19-10-20(15-29)12-21(11-19)16-29)31-27(33)17-32-24-8-4-5-9-25(24)35-26(28(32)34)13-22-6-2-3-7-23(22)30/h2-9,13,18-21H,10-12,14-17H2,1H3,(H,31,33)/b26-13-/t18-,19?,20?,21?,29?/m0/s1. The van der Waals surface area contributed by atoms with Gasteiger partial charge in [0.1, 0.15) is 12.4 Å². The molecule has 0 saturated heterocycles. The first-order chi connectivity index (χ1) is 16.9. The minimum absolute atomic E-state index is 0.0400.